The molecule has 0 aliphatic heterocycles. The van der Waals surface area contributed by atoms with E-state index in [2.05, 4.69) is 5.32 Å². The number of benzene rings is 4. The molecule has 0 radical (unpaired) electrons. The lowest BCUT2D eigenvalue weighted by Crippen LogP contribution is -2.54. The van der Waals surface area contributed by atoms with Gasteiger partial charge in [0, 0.05) is 19.0 Å². The molecule has 4 aromatic carbocycles. The summed E-state index contributed by atoms with van der Waals surface area (Å²) < 4.78 is 42.7. The first kappa shape index (κ1) is 34.0. The van der Waals surface area contributed by atoms with Crippen LogP contribution in [0.4, 0.5) is 10.1 Å². The summed E-state index contributed by atoms with van der Waals surface area (Å²) in [6.45, 7) is 4.80. The van der Waals surface area contributed by atoms with E-state index in [1.807, 2.05) is 51.1 Å². The number of anilines is 1. The number of amides is 2. The Bertz CT molecular complexity index is 1740. The fraction of sp³-hybridized carbons (Fsp3) is 0.235. The highest BCUT2D eigenvalue weighted by Crippen LogP contribution is 2.27. The molecule has 7 nitrogen and oxygen atoms in total. The van der Waals surface area contributed by atoms with Gasteiger partial charge in [-0.2, -0.15) is 0 Å². The molecule has 0 aromatic heterocycles. The molecule has 0 aliphatic rings. The van der Waals surface area contributed by atoms with Gasteiger partial charge in [-0.1, -0.05) is 77.3 Å². The predicted molar refractivity (Wildman–Crippen MR) is 176 cm³/mol. The van der Waals surface area contributed by atoms with Crippen LogP contribution >= 0.6 is 23.2 Å². The second-order valence-electron chi connectivity index (χ2n) is 10.9. The Hall–Kier alpha value is -3.92. The van der Waals surface area contributed by atoms with Gasteiger partial charge in [0.05, 0.1) is 20.6 Å². The van der Waals surface area contributed by atoms with E-state index < -0.39 is 40.2 Å². The van der Waals surface area contributed by atoms with E-state index in [9.17, 15) is 22.4 Å². The van der Waals surface area contributed by atoms with Crippen LogP contribution in [0, 0.1) is 12.7 Å². The molecule has 1 unspecified atom stereocenters. The highest BCUT2D eigenvalue weighted by molar-refractivity contribution is 7.92. The van der Waals surface area contributed by atoms with Crippen molar-refractivity contribution in [1.82, 2.24) is 10.2 Å². The van der Waals surface area contributed by atoms with Crippen molar-refractivity contribution in [2.24, 2.45) is 0 Å². The zero-order chi connectivity index (χ0) is 32.7. The zero-order valence-electron chi connectivity index (χ0n) is 25.1. The molecular weight excluding hydrogens is 636 g/mol. The van der Waals surface area contributed by atoms with E-state index >= 15 is 0 Å². The van der Waals surface area contributed by atoms with Gasteiger partial charge in [-0.15, -0.1) is 0 Å². The van der Waals surface area contributed by atoms with E-state index in [4.69, 9.17) is 23.2 Å². The van der Waals surface area contributed by atoms with Crippen LogP contribution in [0.1, 0.15) is 30.5 Å². The molecule has 0 spiro atoms. The Kier molecular flexibility index (Phi) is 11.3. The first-order valence-electron chi connectivity index (χ1n) is 14.3. The summed E-state index contributed by atoms with van der Waals surface area (Å²) in [5, 5.41) is 3.51. The van der Waals surface area contributed by atoms with Crippen molar-refractivity contribution in [1.29, 1.82) is 0 Å². The summed E-state index contributed by atoms with van der Waals surface area (Å²) in [5.41, 5.74) is 2.52. The van der Waals surface area contributed by atoms with Gasteiger partial charge in [0.1, 0.15) is 18.4 Å². The van der Waals surface area contributed by atoms with Gasteiger partial charge in [0.25, 0.3) is 10.0 Å². The minimum absolute atomic E-state index is 0.0585. The van der Waals surface area contributed by atoms with E-state index in [-0.39, 0.29) is 34.6 Å². The quantitative estimate of drug-likeness (QED) is 0.180. The lowest BCUT2D eigenvalue weighted by atomic mass is 10.0. The van der Waals surface area contributed by atoms with Gasteiger partial charge >= 0.3 is 0 Å². The standard InChI is InChI=1S/C34H34Cl2FN3O4S/c1-23(2)38-34(42)32(20-25-7-5-4-6-8-25)39(21-26-11-18-30(35)31(36)19-26)33(41)22-40(28-14-9-24(3)10-15-28)45(43,44)29-16-12-27(37)13-17-29/h4-19,23,32H,20-22H2,1-3H3,(H,38,42). The highest BCUT2D eigenvalue weighted by atomic mass is 35.5. The summed E-state index contributed by atoms with van der Waals surface area (Å²) in [6, 6.07) is 24.0. The topological polar surface area (TPSA) is 86.8 Å². The third-order valence-electron chi connectivity index (χ3n) is 7.04. The highest BCUT2D eigenvalue weighted by Gasteiger charge is 2.35. The molecule has 1 atom stereocenters. The van der Waals surface area contributed by atoms with E-state index in [1.54, 1.807) is 42.5 Å². The first-order valence-corrected chi connectivity index (χ1v) is 16.5. The Morgan fingerprint density at radius 2 is 1.49 bits per heavy atom. The van der Waals surface area contributed by atoms with Crippen LogP contribution in [0.2, 0.25) is 10.0 Å². The third kappa shape index (κ3) is 8.84. The summed E-state index contributed by atoms with van der Waals surface area (Å²) >= 11 is 12.5. The SMILES string of the molecule is Cc1ccc(N(CC(=O)N(Cc2ccc(Cl)c(Cl)c2)C(Cc2ccccc2)C(=O)NC(C)C)S(=O)(=O)c2ccc(F)cc2)cc1. The van der Waals surface area contributed by atoms with Crippen LogP contribution in [0.15, 0.2) is 102 Å². The van der Waals surface area contributed by atoms with Crippen LogP contribution in [-0.4, -0.2) is 43.8 Å². The van der Waals surface area contributed by atoms with Crippen molar-refractivity contribution in [2.75, 3.05) is 10.8 Å². The summed E-state index contributed by atoms with van der Waals surface area (Å²) in [4.78, 5) is 29.3. The summed E-state index contributed by atoms with van der Waals surface area (Å²) in [5.74, 6) is -1.63. The minimum Gasteiger partial charge on any atom is -0.352 e. The van der Waals surface area contributed by atoms with Crippen molar-refractivity contribution >= 4 is 50.7 Å². The van der Waals surface area contributed by atoms with Gasteiger partial charge in [-0.05, 0) is 80.4 Å². The number of rotatable bonds is 12. The second-order valence-corrected chi connectivity index (χ2v) is 13.6. The molecule has 0 saturated carbocycles. The Labute approximate surface area is 273 Å². The molecule has 0 aliphatic carbocycles. The summed E-state index contributed by atoms with van der Waals surface area (Å²) in [7, 11) is -4.34. The molecule has 0 saturated heterocycles. The number of halogens is 3. The molecule has 0 bridgehead atoms. The molecule has 0 fully saturated rings. The Balaban J connectivity index is 1.81. The zero-order valence-corrected chi connectivity index (χ0v) is 27.4. The lowest BCUT2D eigenvalue weighted by Gasteiger charge is -2.34. The van der Waals surface area contributed by atoms with Crippen LogP contribution in [0.25, 0.3) is 0 Å². The number of nitrogens with one attached hydrogen (secondary N) is 1. The number of sulfonamides is 1. The molecule has 2 amide bonds. The fourth-order valence-corrected chi connectivity index (χ4v) is 6.48. The van der Waals surface area contributed by atoms with Gasteiger partial charge in [0.2, 0.25) is 11.8 Å². The molecule has 45 heavy (non-hydrogen) atoms. The van der Waals surface area contributed by atoms with Crippen molar-refractivity contribution < 1.29 is 22.4 Å². The lowest BCUT2D eigenvalue weighted by molar-refractivity contribution is -0.140. The Morgan fingerprint density at radius 1 is 0.844 bits per heavy atom. The van der Waals surface area contributed by atoms with Crippen molar-refractivity contribution in [3.05, 3.63) is 130 Å². The molecule has 236 valence electrons. The predicted octanol–water partition coefficient (Wildman–Crippen LogP) is 6.80. The number of carbonyl (C=O) groups is 2. The normalized spacial score (nSPS) is 12.1. The number of hydrogen-bond acceptors (Lipinski definition) is 4. The molecular formula is C34H34Cl2FN3O4S. The number of nitrogens with zero attached hydrogens (tertiary/aromatic N) is 2. The van der Waals surface area contributed by atoms with Gasteiger partial charge in [-0.3, -0.25) is 13.9 Å². The van der Waals surface area contributed by atoms with Crippen molar-refractivity contribution in [3.8, 4) is 0 Å². The maximum atomic E-state index is 14.4. The van der Waals surface area contributed by atoms with E-state index in [0.29, 0.717) is 10.6 Å². The average molecular weight is 671 g/mol. The third-order valence-corrected chi connectivity index (χ3v) is 9.57. The minimum atomic E-state index is -4.34. The maximum absolute atomic E-state index is 14.4. The monoisotopic (exact) mass is 669 g/mol. The second kappa shape index (κ2) is 14.9. The number of aryl methyl sites for hydroxylation is 1. The molecule has 4 aromatic rings. The van der Waals surface area contributed by atoms with E-state index in [1.165, 1.54) is 4.90 Å². The van der Waals surface area contributed by atoms with Crippen LogP contribution in [-0.2, 0) is 32.6 Å². The molecule has 11 heteroatoms. The molecule has 0 heterocycles. The van der Waals surface area contributed by atoms with Gasteiger partial charge in [-0.25, -0.2) is 12.8 Å². The number of carbonyl (C=O) groups excluding carboxylic acids is 2. The van der Waals surface area contributed by atoms with Gasteiger partial charge in [0.15, 0.2) is 0 Å². The smallest absolute Gasteiger partial charge is 0.264 e. The number of hydrogen-bond donors (Lipinski definition) is 1. The van der Waals surface area contributed by atoms with Crippen molar-refractivity contribution in [3.63, 3.8) is 0 Å². The molecule has 4 rings (SSSR count). The van der Waals surface area contributed by atoms with E-state index in [0.717, 1.165) is 39.7 Å². The van der Waals surface area contributed by atoms with Crippen LogP contribution in [0.3, 0.4) is 0 Å². The largest absolute Gasteiger partial charge is 0.352 e. The molecule has 1 N–H and O–H groups in total. The maximum Gasteiger partial charge on any atom is 0.264 e. The summed E-state index contributed by atoms with van der Waals surface area (Å²) in [6.07, 6.45) is 0.168. The van der Waals surface area contributed by atoms with Crippen LogP contribution < -0.4 is 9.62 Å². The average Bonchev–Trinajstić information content (AvgIpc) is 3.00. The fourth-order valence-electron chi connectivity index (χ4n) is 4.74. The first-order chi connectivity index (χ1) is 21.3. The Morgan fingerprint density at radius 3 is 2.09 bits per heavy atom. The van der Waals surface area contributed by atoms with Gasteiger partial charge < -0.3 is 10.2 Å². The van der Waals surface area contributed by atoms with Crippen LogP contribution in [0.5, 0.6) is 0 Å². The van der Waals surface area contributed by atoms with Crippen molar-refractivity contribution in [2.45, 2.75) is 50.7 Å².